The quantitative estimate of drug-likeness (QED) is 0.231. The maximum atomic E-state index is 13.7. The number of pyridine rings is 1. The van der Waals surface area contributed by atoms with Gasteiger partial charge in [-0.1, -0.05) is 28.4 Å². The van der Waals surface area contributed by atoms with E-state index < -0.39 is 23.8 Å². The molecule has 0 radical (unpaired) electrons. The SMILES string of the molecule is CN=Cc1cc(NC(=O)C(Cc2ccncc2)N2CC(=O)N(c3cc(Cl)ccc3-n3cc(Cl)nn3)CC2=O)ccc1N. The highest BCUT2D eigenvalue weighted by atomic mass is 35.5. The summed E-state index contributed by atoms with van der Waals surface area (Å²) in [5.41, 5.74) is 9.18. The maximum Gasteiger partial charge on any atom is 0.247 e. The molecule has 0 aliphatic carbocycles. The summed E-state index contributed by atoms with van der Waals surface area (Å²) in [5, 5.41) is 11.1. The fourth-order valence-corrected chi connectivity index (χ4v) is 4.91. The van der Waals surface area contributed by atoms with Crippen molar-refractivity contribution in [2.45, 2.75) is 12.5 Å². The monoisotopic (exact) mass is 605 g/mol. The van der Waals surface area contributed by atoms with Crippen molar-refractivity contribution in [1.82, 2.24) is 24.9 Å². The van der Waals surface area contributed by atoms with Gasteiger partial charge in [0.15, 0.2) is 5.15 Å². The number of benzene rings is 2. The minimum atomic E-state index is -1.00. The number of nitrogens with one attached hydrogen (secondary N) is 1. The van der Waals surface area contributed by atoms with E-state index >= 15 is 0 Å². The summed E-state index contributed by atoms with van der Waals surface area (Å²) in [7, 11) is 1.62. The van der Waals surface area contributed by atoms with E-state index in [-0.39, 0.29) is 24.7 Å². The number of aromatic nitrogens is 4. The summed E-state index contributed by atoms with van der Waals surface area (Å²) in [6.07, 6.45) is 6.41. The molecule has 3 N–H and O–H groups in total. The van der Waals surface area contributed by atoms with Crippen molar-refractivity contribution in [2.75, 3.05) is 36.1 Å². The van der Waals surface area contributed by atoms with Gasteiger partial charge in [-0.15, -0.1) is 5.10 Å². The van der Waals surface area contributed by atoms with E-state index in [0.717, 1.165) is 5.56 Å². The molecule has 12 nitrogen and oxygen atoms in total. The minimum absolute atomic E-state index is 0.156. The standard InChI is InChI=1S/C28H25Cl2N9O3/c1-32-13-18-11-20(3-4-21(18)31)34-28(42)24(10-17-6-8-33-9-7-17)38-16-26(40)37(15-27(38)41)23-12-19(29)2-5-22(23)39-14-25(30)35-36-39/h2-9,11-14,24H,10,15-16,31H2,1H3,(H,34,42). The van der Waals surface area contributed by atoms with Crippen molar-refractivity contribution < 1.29 is 14.4 Å². The van der Waals surface area contributed by atoms with E-state index in [0.29, 0.717) is 33.3 Å². The molecular formula is C28H25Cl2N9O3. The number of aliphatic imine (C=N–C) groups is 1. The number of carbonyl (C=O) groups excluding carboxylic acids is 3. The predicted octanol–water partition coefficient (Wildman–Crippen LogP) is 3.03. The largest absolute Gasteiger partial charge is 0.398 e. The third kappa shape index (κ3) is 6.24. The first kappa shape index (κ1) is 28.7. The molecule has 3 heterocycles. The smallest absolute Gasteiger partial charge is 0.247 e. The molecule has 14 heteroatoms. The topological polar surface area (TPSA) is 152 Å². The van der Waals surface area contributed by atoms with Crippen LogP contribution >= 0.6 is 23.2 Å². The molecule has 42 heavy (non-hydrogen) atoms. The lowest BCUT2D eigenvalue weighted by Gasteiger charge is -2.38. The lowest BCUT2D eigenvalue weighted by Crippen LogP contribution is -2.60. The highest BCUT2D eigenvalue weighted by Gasteiger charge is 2.39. The van der Waals surface area contributed by atoms with Crippen LogP contribution in [0.2, 0.25) is 10.2 Å². The third-order valence-corrected chi connectivity index (χ3v) is 7.05. The van der Waals surface area contributed by atoms with Gasteiger partial charge in [0.05, 0.1) is 17.6 Å². The van der Waals surface area contributed by atoms with Gasteiger partial charge in [0.25, 0.3) is 0 Å². The van der Waals surface area contributed by atoms with Crippen LogP contribution < -0.4 is 16.0 Å². The molecule has 3 amide bonds. The highest BCUT2D eigenvalue weighted by molar-refractivity contribution is 6.31. The molecule has 1 fully saturated rings. The zero-order valence-electron chi connectivity index (χ0n) is 22.3. The Labute approximate surface area is 250 Å². The molecule has 2 aromatic heterocycles. The Morgan fingerprint density at radius 2 is 1.86 bits per heavy atom. The van der Waals surface area contributed by atoms with Crippen LogP contribution in [0.3, 0.4) is 0 Å². The van der Waals surface area contributed by atoms with Crippen LogP contribution in [-0.4, -0.2) is 75.0 Å². The fraction of sp³-hybridized carbons (Fsp3) is 0.179. The summed E-state index contributed by atoms with van der Waals surface area (Å²) in [5.74, 6) is -1.31. The average Bonchev–Trinajstić information content (AvgIpc) is 3.41. The minimum Gasteiger partial charge on any atom is -0.398 e. The van der Waals surface area contributed by atoms with Gasteiger partial charge in [0.2, 0.25) is 17.7 Å². The normalized spacial score (nSPS) is 14.5. The van der Waals surface area contributed by atoms with E-state index in [1.54, 1.807) is 74.2 Å². The number of hydrogen-bond donors (Lipinski definition) is 2. The molecule has 1 saturated heterocycles. The first-order chi connectivity index (χ1) is 20.2. The van der Waals surface area contributed by atoms with Crippen LogP contribution in [0.4, 0.5) is 17.1 Å². The first-order valence-electron chi connectivity index (χ1n) is 12.7. The van der Waals surface area contributed by atoms with Gasteiger partial charge < -0.3 is 16.0 Å². The summed E-state index contributed by atoms with van der Waals surface area (Å²) in [4.78, 5) is 51.6. The van der Waals surface area contributed by atoms with Crippen molar-refractivity contribution in [3.05, 3.63) is 88.4 Å². The van der Waals surface area contributed by atoms with Crippen molar-refractivity contribution in [3.63, 3.8) is 0 Å². The number of nitrogens with zero attached hydrogens (tertiary/aromatic N) is 7. The van der Waals surface area contributed by atoms with Crippen LogP contribution in [0.15, 0.2) is 72.1 Å². The molecule has 214 valence electrons. The van der Waals surface area contributed by atoms with Gasteiger partial charge in [-0.05, 0) is 54.1 Å². The summed E-state index contributed by atoms with van der Waals surface area (Å²) < 4.78 is 1.39. The van der Waals surface area contributed by atoms with Gasteiger partial charge >= 0.3 is 0 Å². The molecule has 5 rings (SSSR count). The van der Waals surface area contributed by atoms with E-state index in [1.807, 2.05) is 0 Å². The van der Waals surface area contributed by atoms with Gasteiger partial charge in [-0.2, -0.15) is 0 Å². The van der Waals surface area contributed by atoms with Gasteiger partial charge in [-0.3, -0.25) is 29.3 Å². The molecule has 4 aromatic rings. The van der Waals surface area contributed by atoms with Crippen molar-refractivity contribution in [2.24, 2.45) is 4.99 Å². The molecule has 2 aromatic carbocycles. The highest BCUT2D eigenvalue weighted by Crippen LogP contribution is 2.30. The van der Waals surface area contributed by atoms with Crippen molar-refractivity contribution in [3.8, 4) is 5.69 Å². The molecule has 0 spiro atoms. The van der Waals surface area contributed by atoms with Crippen LogP contribution in [0.5, 0.6) is 0 Å². The lowest BCUT2D eigenvalue weighted by atomic mass is 10.0. The molecule has 0 bridgehead atoms. The Hall–Kier alpha value is -4.81. The fourth-order valence-electron chi connectivity index (χ4n) is 4.62. The number of carbonyl (C=O) groups is 3. The van der Waals surface area contributed by atoms with E-state index in [4.69, 9.17) is 28.9 Å². The van der Waals surface area contributed by atoms with Crippen LogP contribution in [0, 0.1) is 0 Å². The number of amides is 3. The molecule has 1 aliphatic rings. The van der Waals surface area contributed by atoms with Crippen molar-refractivity contribution >= 4 is 64.2 Å². The number of rotatable bonds is 8. The number of nitrogens with two attached hydrogens (primary N) is 1. The Balaban J connectivity index is 1.44. The third-order valence-electron chi connectivity index (χ3n) is 6.64. The second-order valence-electron chi connectivity index (χ2n) is 9.42. The Bertz CT molecular complexity index is 1680. The molecule has 1 atom stereocenters. The number of anilines is 3. The van der Waals surface area contributed by atoms with E-state index in [1.165, 1.54) is 20.7 Å². The summed E-state index contributed by atoms with van der Waals surface area (Å²) in [6.45, 7) is -0.671. The number of hydrogen-bond acceptors (Lipinski definition) is 8. The van der Waals surface area contributed by atoms with Gasteiger partial charge in [0, 0.05) is 54.0 Å². The molecule has 1 unspecified atom stereocenters. The summed E-state index contributed by atoms with van der Waals surface area (Å²) >= 11 is 12.2. The zero-order chi connectivity index (χ0) is 29.8. The Morgan fingerprint density at radius 3 is 2.57 bits per heavy atom. The summed E-state index contributed by atoms with van der Waals surface area (Å²) in [6, 6.07) is 12.3. The van der Waals surface area contributed by atoms with Gasteiger partial charge in [0.1, 0.15) is 19.1 Å². The first-order valence-corrected chi connectivity index (χ1v) is 13.5. The number of halogens is 2. The van der Waals surface area contributed by atoms with Gasteiger partial charge in [-0.25, -0.2) is 4.68 Å². The van der Waals surface area contributed by atoms with E-state index in [9.17, 15) is 14.4 Å². The lowest BCUT2D eigenvalue weighted by molar-refractivity contribution is -0.143. The van der Waals surface area contributed by atoms with Crippen LogP contribution in [0.25, 0.3) is 5.69 Å². The average molecular weight is 606 g/mol. The second kappa shape index (κ2) is 12.4. The van der Waals surface area contributed by atoms with Crippen LogP contribution in [-0.2, 0) is 20.8 Å². The van der Waals surface area contributed by atoms with E-state index in [2.05, 4.69) is 25.6 Å². The predicted molar refractivity (Wildman–Crippen MR) is 160 cm³/mol. The Morgan fingerprint density at radius 1 is 1.07 bits per heavy atom. The zero-order valence-corrected chi connectivity index (χ0v) is 23.8. The molecule has 1 aliphatic heterocycles. The number of nitrogen functional groups attached to an aromatic ring is 1. The molecular weight excluding hydrogens is 581 g/mol. The maximum absolute atomic E-state index is 13.7. The Kier molecular flexibility index (Phi) is 8.46. The molecule has 0 saturated carbocycles. The second-order valence-corrected chi connectivity index (χ2v) is 10.2. The number of piperazine rings is 1. The van der Waals surface area contributed by atoms with Crippen molar-refractivity contribution in [1.29, 1.82) is 0 Å². The van der Waals surface area contributed by atoms with Crippen LogP contribution in [0.1, 0.15) is 11.1 Å².